The highest BCUT2D eigenvalue weighted by molar-refractivity contribution is 7.39. The molecule has 0 spiro atoms. The van der Waals surface area contributed by atoms with Gasteiger partial charge in [-0.1, -0.05) is 109 Å². The molecule has 0 radical (unpaired) electrons. The number of rotatable bonds is 9. The van der Waals surface area contributed by atoms with Gasteiger partial charge in [0.2, 0.25) is 0 Å². The third-order valence-electron chi connectivity index (χ3n) is 12.0. The van der Waals surface area contributed by atoms with Gasteiger partial charge < -0.3 is 13.7 Å². The van der Waals surface area contributed by atoms with Crippen molar-refractivity contribution in [3.63, 3.8) is 0 Å². The van der Waals surface area contributed by atoms with Crippen molar-refractivity contribution < 1.29 is 61.1 Å². The number of fused-ring (bicyclic) bond motifs is 7. The largest absolute Gasteiger partial charge is 0.416 e. The lowest BCUT2D eigenvalue weighted by atomic mass is 9.95. The standard InChI is InChI=1S/C38H28F6NO2P.C18H17F6N/c1-23(2)45(36(26-11-7-13-28(21-26)37(39,40)41)27-12-8-14-29(22-27)38(42,43)44)48-46-32-19-17-24-9-3-5-15-30(24)34(32)35-31-16-6-4-10-25(31)18-20-33(35)47-48;1-11(2)25-16(12-5-3-7-14(9-12)17(19,20)21)13-6-4-8-15(10-13)18(22,23)24/h3-23,36H,1-2H3;3-11,16,25H,1-2H3. The van der Waals surface area contributed by atoms with Crippen LogP contribution < -0.4 is 9.99 Å². The van der Waals surface area contributed by atoms with Crippen molar-refractivity contribution in [3.05, 3.63) is 214 Å². The Kier molecular flexibility index (Phi) is 14.9. The number of hydrogen-bond donors (Lipinski definition) is 1. The van der Waals surface area contributed by atoms with Crippen LogP contribution in [-0.4, -0.2) is 12.1 Å². The van der Waals surface area contributed by atoms with Gasteiger partial charge in [-0.2, -0.15) is 57.4 Å². The first-order valence-electron chi connectivity index (χ1n) is 22.8. The minimum absolute atomic E-state index is 0.144. The molecule has 1 aromatic heterocycles. The molecule has 0 aliphatic heterocycles. The predicted molar refractivity (Wildman–Crippen MR) is 262 cm³/mol. The van der Waals surface area contributed by atoms with Crippen LogP contribution in [0.5, 0.6) is 0 Å². The average molecular weight is 1040 g/mol. The van der Waals surface area contributed by atoms with E-state index in [2.05, 4.69) is 5.32 Å². The Bertz CT molecular complexity index is 3240. The first kappa shape index (κ1) is 52.6. The van der Waals surface area contributed by atoms with E-state index in [-0.39, 0.29) is 28.3 Å². The maximum atomic E-state index is 14.0. The van der Waals surface area contributed by atoms with Gasteiger partial charge in [-0.15, -0.1) is 0 Å². The van der Waals surface area contributed by atoms with Crippen molar-refractivity contribution in [2.45, 2.75) is 76.6 Å². The monoisotopic (exact) mass is 1040 g/mol. The van der Waals surface area contributed by atoms with Crippen LogP contribution in [0.4, 0.5) is 52.7 Å². The molecule has 9 rings (SSSR count). The normalized spacial score (nSPS) is 12.8. The minimum atomic E-state index is -4.67. The zero-order valence-corrected chi connectivity index (χ0v) is 40.1. The third kappa shape index (κ3) is 11.7. The van der Waals surface area contributed by atoms with Crippen molar-refractivity contribution in [2.24, 2.45) is 0 Å². The summed E-state index contributed by atoms with van der Waals surface area (Å²) < 4.78 is 177. The summed E-state index contributed by atoms with van der Waals surface area (Å²) in [5.74, 6) is 0. The van der Waals surface area contributed by atoms with Crippen LogP contribution in [0.15, 0.2) is 178 Å². The molecule has 0 aliphatic carbocycles. The molecule has 4 nitrogen and oxygen atoms in total. The highest BCUT2D eigenvalue weighted by atomic mass is 31.1. The molecule has 0 saturated heterocycles. The van der Waals surface area contributed by atoms with E-state index in [1.54, 1.807) is 18.5 Å². The van der Waals surface area contributed by atoms with E-state index < -0.39 is 73.2 Å². The van der Waals surface area contributed by atoms with Crippen LogP contribution >= 0.6 is 8.16 Å². The van der Waals surface area contributed by atoms with Gasteiger partial charge in [-0.25, -0.2) is 0 Å². The molecule has 0 unspecified atom stereocenters. The van der Waals surface area contributed by atoms with Crippen LogP contribution in [0.1, 0.15) is 84.3 Å². The summed E-state index contributed by atoms with van der Waals surface area (Å²) in [4.78, 5) is 0. The zero-order chi connectivity index (χ0) is 52.6. The Hall–Kier alpha value is -6.74. The topological polar surface area (TPSA) is 41.6 Å². The molecule has 8 aromatic carbocycles. The van der Waals surface area contributed by atoms with E-state index >= 15 is 0 Å². The Morgan fingerprint density at radius 3 is 1.10 bits per heavy atom. The number of halogens is 12. The number of alkyl halides is 12. The Balaban J connectivity index is 0.000000240. The van der Waals surface area contributed by atoms with E-state index in [4.69, 9.17) is 8.39 Å². The second-order valence-corrected chi connectivity index (χ2v) is 19.2. The van der Waals surface area contributed by atoms with Crippen LogP contribution in [0.3, 0.4) is 0 Å². The summed E-state index contributed by atoms with van der Waals surface area (Å²) in [6.07, 6.45) is -18.4. The molecule has 1 heterocycles. The zero-order valence-electron chi connectivity index (χ0n) is 39.2. The van der Waals surface area contributed by atoms with Gasteiger partial charge in [-0.3, -0.25) is 0 Å². The fraction of sp³-hybridized carbons (Fsp3) is 0.214. The van der Waals surface area contributed by atoms with E-state index in [0.29, 0.717) is 11.2 Å². The summed E-state index contributed by atoms with van der Waals surface area (Å²) in [5.41, 5.74) is -1.72. The lowest BCUT2D eigenvalue weighted by Crippen LogP contribution is -2.33. The molecule has 0 bridgehead atoms. The lowest BCUT2D eigenvalue weighted by molar-refractivity contribution is -0.138. The number of benzene rings is 8. The molecule has 73 heavy (non-hydrogen) atoms. The summed E-state index contributed by atoms with van der Waals surface area (Å²) in [7, 11) is -2.18. The molecule has 1 N–H and O–H groups in total. The summed E-state index contributed by atoms with van der Waals surface area (Å²) in [5, 5.41) is 8.39. The number of nitrogens with one attached hydrogen (secondary N) is 1. The van der Waals surface area contributed by atoms with Crippen molar-refractivity contribution in [1.82, 2.24) is 5.32 Å². The number of hydrogen-bond acceptors (Lipinski definition) is 4. The summed E-state index contributed by atoms with van der Waals surface area (Å²) >= 11 is 0. The fourth-order valence-corrected chi connectivity index (χ4v) is 10.5. The maximum absolute atomic E-state index is 14.0. The summed E-state index contributed by atoms with van der Waals surface area (Å²) in [6, 6.07) is 39.3. The second kappa shape index (κ2) is 20.6. The first-order valence-corrected chi connectivity index (χ1v) is 23.9. The third-order valence-corrected chi connectivity index (χ3v) is 13.8. The van der Waals surface area contributed by atoms with Crippen LogP contribution in [0, 0.1) is 0 Å². The SMILES string of the molecule is CC(C)N(C(c1cccc(C(F)(F)F)c1)c1cccc(C(F)(F)F)c1)p1oc2ccc3ccccc3c2c2c(ccc3ccccc32)o1.CC(C)NC(c1cccc(C(F)(F)F)c1)c1cccc(C(F)(F)F)c1. The average Bonchev–Trinajstić information content (AvgIpc) is 3.51. The molecule has 0 aliphatic rings. The molecule has 9 aromatic rings. The van der Waals surface area contributed by atoms with Crippen LogP contribution in [0.25, 0.3) is 43.5 Å². The van der Waals surface area contributed by atoms with Crippen LogP contribution in [-0.2, 0) is 24.7 Å². The molecular formula is C56H45F12N2O2P. The van der Waals surface area contributed by atoms with E-state index in [0.717, 1.165) is 80.8 Å². The molecule has 0 saturated carbocycles. The summed E-state index contributed by atoms with van der Waals surface area (Å²) in [6.45, 7) is 7.18. The van der Waals surface area contributed by atoms with Crippen molar-refractivity contribution in [1.29, 1.82) is 0 Å². The van der Waals surface area contributed by atoms with Crippen molar-refractivity contribution >= 4 is 51.6 Å². The first-order chi connectivity index (χ1) is 34.4. The molecular weight excluding hydrogens is 992 g/mol. The van der Waals surface area contributed by atoms with E-state index in [9.17, 15) is 52.7 Å². The second-order valence-electron chi connectivity index (χ2n) is 17.9. The van der Waals surface area contributed by atoms with Gasteiger partial charge in [0.15, 0.2) is 0 Å². The quantitative estimate of drug-likeness (QED) is 0.146. The smallest absolute Gasteiger partial charge is 0.408 e. The van der Waals surface area contributed by atoms with Crippen molar-refractivity contribution in [2.75, 3.05) is 4.67 Å². The van der Waals surface area contributed by atoms with Gasteiger partial charge in [-0.05, 0) is 132 Å². The van der Waals surface area contributed by atoms with Gasteiger partial charge in [0.05, 0.1) is 34.3 Å². The van der Waals surface area contributed by atoms with Gasteiger partial charge >= 0.3 is 32.9 Å². The van der Waals surface area contributed by atoms with E-state index in [1.165, 1.54) is 48.5 Å². The molecule has 0 fully saturated rings. The minimum Gasteiger partial charge on any atom is -0.408 e. The number of nitrogens with zero attached hydrogens (tertiary/aromatic N) is 1. The Labute approximate surface area is 412 Å². The fourth-order valence-electron chi connectivity index (χ4n) is 8.81. The van der Waals surface area contributed by atoms with Gasteiger partial charge in [0.1, 0.15) is 11.2 Å². The highest BCUT2D eigenvalue weighted by Gasteiger charge is 2.38. The Morgan fingerprint density at radius 1 is 0.411 bits per heavy atom. The molecule has 380 valence electrons. The van der Waals surface area contributed by atoms with Crippen LogP contribution in [0.2, 0.25) is 0 Å². The maximum Gasteiger partial charge on any atom is 0.416 e. The highest BCUT2D eigenvalue weighted by Crippen LogP contribution is 2.48. The van der Waals surface area contributed by atoms with Gasteiger partial charge in [0, 0.05) is 22.9 Å². The van der Waals surface area contributed by atoms with E-state index in [1.807, 2.05) is 86.6 Å². The molecule has 0 amide bonds. The van der Waals surface area contributed by atoms with Gasteiger partial charge in [0.25, 0.3) is 0 Å². The van der Waals surface area contributed by atoms with Crippen molar-refractivity contribution in [3.8, 4) is 0 Å². The Morgan fingerprint density at radius 2 is 0.753 bits per heavy atom. The predicted octanol–water partition coefficient (Wildman–Crippen LogP) is 18.6. The molecule has 0 atom stereocenters. The lowest BCUT2D eigenvalue weighted by Gasteiger charge is -2.33. The molecule has 17 heteroatoms.